The Morgan fingerprint density at radius 2 is 2.46 bits per heavy atom. The van der Waals surface area contributed by atoms with Crippen molar-refractivity contribution in [3.8, 4) is 0 Å². The number of hydrogen-bond acceptors (Lipinski definition) is 2. The zero-order valence-electron chi connectivity index (χ0n) is 7.04. The molecule has 0 radical (unpaired) electrons. The number of aromatic amines is 1. The van der Waals surface area contributed by atoms with Gasteiger partial charge in [-0.3, -0.25) is 5.41 Å². The number of amidine groups is 1. The number of nitrogens with two attached hydrogens (primary N) is 1. The van der Waals surface area contributed by atoms with Gasteiger partial charge in [-0.05, 0) is 17.7 Å². The number of nitrogens with one attached hydrogen (secondary N) is 2. The Balaban J connectivity index is 2.51. The average Bonchev–Trinajstić information content (AvgIpc) is 2.48. The van der Waals surface area contributed by atoms with Crippen LogP contribution in [-0.2, 0) is 6.42 Å². The first-order chi connectivity index (χ1) is 6.27. The summed E-state index contributed by atoms with van der Waals surface area (Å²) >= 11 is 0. The molecule has 0 atom stereocenters. The number of pyridine rings is 1. The lowest BCUT2D eigenvalue weighted by atomic mass is 10.1. The van der Waals surface area contributed by atoms with Crippen molar-refractivity contribution in [2.24, 2.45) is 5.73 Å². The highest BCUT2D eigenvalue weighted by Gasteiger charge is 2.03. The highest BCUT2D eigenvalue weighted by atomic mass is 14.8. The summed E-state index contributed by atoms with van der Waals surface area (Å²) in [7, 11) is 0. The molecule has 0 unspecified atom stereocenters. The normalized spacial score (nSPS) is 10.5. The van der Waals surface area contributed by atoms with E-state index in [1.165, 1.54) is 0 Å². The van der Waals surface area contributed by atoms with E-state index >= 15 is 0 Å². The summed E-state index contributed by atoms with van der Waals surface area (Å²) in [6.07, 6.45) is 4.06. The maximum Gasteiger partial charge on any atom is 0.137 e. The van der Waals surface area contributed by atoms with E-state index in [4.69, 9.17) is 11.1 Å². The topological polar surface area (TPSA) is 78.5 Å². The lowest BCUT2D eigenvalue weighted by Gasteiger charge is -1.95. The Bertz CT molecular complexity index is 444. The van der Waals surface area contributed by atoms with Crippen LogP contribution in [0.25, 0.3) is 11.0 Å². The molecule has 0 aromatic carbocycles. The van der Waals surface area contributed by atoms with Crippen molar-refractivity contribution in [2.45, 2.75) is 6.42 Å². The van der Waals surface area contributed by atoms with Gasteiger partial charge in [-0.15, -0.1) is 0 Å². The minimum absolute atomic E-state index is 0.171. The molecule has 0 aliphatic heterocycles. The van der Waals surface area contributed by atoms with Gasteiger partial charge in [0.1, 0.15) is 5.65 Å². The van der Waals surface area contributed by atoms with Crippen molar-refractivity contribution in [2.75, 3.05) is 0 Å². The number of hydrogen-bond donors (Lipinski definition) is 3. The van der Waals surface area contributed by atoms with Crippen molar-refractivity contribution in [3.05, 3.63) is 30.1 Å². The third-order valence-electron chi connectivity index (χ3n) is 1.92. The zero-order chi connectivity index (χ0) is 9.26. The molecule has 0 amide bonds. The molecule has 0 saturated carbocycles. The predicted molar refractivity (Wildman–Crippen MR) is 51.7 cm³/mol. The lowest BCUT2D eigenvalue weighted by molar-refractivity contribution is 1.25. The molecule has 2 rings (SSSR count). The van der Waals surface area contributed by atoms with Crippen LogP contribution in [0.3, 0.4) is 0 Å². The van der Waals surface area contributed by atoms with Crippen LogP contribution in [0, 0.1) is 5.41 Å². The first kappa shape index (κ1) is 7.79. The van der Waals surface area contributed by atoms with E-state index in [1.54, 1.807) is 6.20 Å². The van der Waals surface area contributed by atoms with Crippen molar-refractivity contribution < 1.29 is 0 Å². The molecule has 0 aliphatic rings. The first-order valence-corrected chi connectivity index (χ1v) is 4.01. The number of nitrogens with zero attached hydrogens (tertiary/aromatic N) is 1. The molecule has 4 N–H and O–H groups in total. The highest BCUT2D eigenvalue weighted by molar-refractivity contribution is 5.87. The highest BCUT2D eigenvalue weighted by Crippen LogP contribution is 2.15. The molecule has 2 heterocycles. The third kappa shape index (κ3) is 1.38. The molecule has 0 saturated heterocycles. The van der Waals surface area contributed by atoms with Gasteiger partial charge in [0.15, 0.2) is 0 Å². The van der Waals surface area contributed by atoms with E-state index in [-0.39, 0.29) is 5.84 Å². The Morgan fingerprint density at radius 3 is 3.23 bits per heavy atom. The van der Waals surface area contributed by atoms with E-state index < -0.39 is 0 Å². The molecule has 2 aromatic rings. The zero-order valence-corrected chi connectivity index (χ0v) is 7.04. The quantitative estimate of drug-likeness (QED) is 0.470. The molecule has 2 aromatic heterocycles. The minimum Gasteiger partial charge on any atom is -0.387 e. The van der Waals surface area contributed by atoms with Gasteiger partial charge >= 0.3 is 0 Å². The van der Waals surface area contributed by atoms with E-state index in [1.807, 2.05) is 18.3 Å². The van der Waals surface area contributed by atoms with Crippen LogP contribution in [0.4, 0.5) is 0 Å². The van der Waals surface area contributed by atoms with Gasteiger partial charge in [0.25, 0.3) is 0 Å². The summed E-state index contributed by atoms with van der Waals surface area (Å²) in [5.41, 5.74) is 7.19. The molecule has 66 valence electrons. The number of rotatable bonds is 2. The molecular weight excluding hydrogens is 164 g/mol. The minimum atomic E-state index is 0.171. The smallest absolute Gasteiger partial charge is 0.137 e. The summed E-state index contributed by atoms with van der Waals surface area (Å²) in [4.78, 5) is 7.17. The Kier molecular flexibility index (Phi) is 1.73. The van der Waals surface area contributed by atoms with Crippen molar-refractivity contribution >= 4 is 16.9 Å². The number of fused-ring (bicyclic) bond motifs is 1. The van der Waals surface area contributed by atoms with Gasteiger partial charge in [0, 0.05) is 24.2 Å². The monoisotopic (exact) mass is 174 g/mol. The summed E-state index contributed by atoms with van der Waals surface area (Å²) in [5, 5.41) is 8.23. The van der Waals surface area contributed by atoms with Gasteiger partial charge in [-0.25, -0.2) is 4.98 Å². The molecule has 0 bridgehead atoms. The fourth-order valence-corrected chi connectivity index (χ4v) is 1.36. The summed E-state index contributed by atoms with van der Waals surface area (Å²) in [6, 6.07) is 3.84. The molecule has 0 aliphatic carbocycles. The second-order valence-electron chi connectivity index (χ2n) is 2.92. The summed E-state index contributed by atoms with van der Waals surface area (Å²) < 4.78 is 0. The lowest BCUT2D eigenvalue weighted by Crippen LogP contribution is -2.12. The standard InChI is InChI=1S/C9H10N4/c10-8(11)4-6-5-13-9-7(6)2-1-3-12-9/h1-3,5H,4H2,(H3,10,11)(H,12,13). The largest absolute Gasteiger partial charge is 0.387 e. The fraction of sp³-hybridized carbons (Fsp3) is 0.111. The van der Waals surface area contributed by atoms with E-state index in [0.29, 0.717) is 6.42 Å². The predicted octanol–water partition coefficient (Wildman–Crippen LogP) is 1.04. The van der Waals surface area contributed by atoms with Crippen LogP contribution in [0.5, 0.6) is 0 Å². The first-order valence-electron chi connectivity index (χ1n) is 4.01. The molecular formula is C9H10N4. The Labute approximate surface area is 75.3 Å². The third-order valence-corrected chi connectivity index (χ3v) is 1.92. The maximum atomic E-state index is 7.19. The second-order valence-corrected chi connectivity index (χ2v) is 2.92. The maximum absolute atomic E-state index is 7.19. The van der Waals surface area contributed by atoms with Crippen LogP contribution < -0.4 is 5.73 Å². The number of H-pyrrole nitrogens is 1. The second kappa shape index (κ2) is 2.90. The van der Waals surface area contributed by atoms with E-state index in [2.05, 4.69) is 9.97 Å². The van der Waals surface area contributed by atoms with Gasteiger partial charge in [0.05, 0.1) is 5.84 Å². The molecule has 0 spiro atoms. The molecule has 4 heteroatoms. The van der Waals surface area contributed by atoms with Crippen LogP contribution in [0.2, 0.25) is 0 Å². The molecule has 4 nitrogen and oxygen atoms in total. The van der Waals surface area contributed by atoms with E-state index in [0.717, 1.165) is 16.6 Å². The van der Waals surface area contributed by atoms with Crippen molar-refractivity contribution in [1.29, 1.82) is 5.41 Å². The summed E-state index contributed by atoms with van der Waals surface area (Å²) in [6.45, 7) is 0. The van der Waals surface area contributed by atoms with Gasteiger partial charge in [-0.2, -0.15) is 0 Å². The van der Waals surface area contributed by atoms with Gasteiger partial charge in [0.2, 0.25) is 0 Å². The average molecular weight is 174 g/mol. The Morgan fingerprint density at radius 1 is 1.62 bits per heavy atom. The van der Waals surface area contributed by atoms with Crippen LogP contribution in [0.15, 0.2) is 24.5 Å². The molecule has 0 fully saturated rings. The van der Waals surface area contributed by atoms with Crippen molar-refractivity contribution in [1.82, 2.24) is 9.97 Å². The fourth-order valence-electron chi connectivity index (χ4n) is 1.36. The van der Waals surface area contributed by atoms with Gasteiger partial charge < -0.3 is 10.7 Å². The molecule has 13 heavy (non-hydrogen) atoms. The van der Waals surface area contributed by atoms with Gasteiger partial charge in [-0.1, -0.05) is 0 Å². The number of aromatic nitrogens is 2. The van der Waals surface area contributed by atoms with Crippen LogP contribution in [-0.4, -0.2) is 15.8 Å². The van der Waals surface area contributed by atoms with Crippen molar-refractivity contribution in [3.63, 3.8) is 0 Å². The van der Waals surface area contributed by atoms with Crippen LogP contribution >= 0.6 is 0 Å². The van der Waals surface area contributed by atoms with Crippen LogP contribution in [0.1, 0.15) is 5.56 Å². The summed E-state index contributed by atoms with van der Waals surface area (Å²) in [5.74, 6) is 0.171. The Hall–Kier alpha value is -1.84. The van der Waals surface area contributed by atoms with E-state index in [9.17, 15) is 0 Å². The SMILES string of the molecule is N=C(N)Cc1c[nH]c2ncccc12.